The van der Waals surface area contributed by atoms with Crippen LogP contribution >= 0.6 is 11.6 Å². The summed E-state index contributed by atoms with van der Waals surface area (Å²) in [6.45, 7) is 0. The van der Waals surface area contributed by atoms with Gasteiger partial charge in [0.15, 0.2) is 5.58 Å². The van der Waals surface area contributed by atoms with Crippen LogP contribution in [0.1, 0.15) is 10.4 Å². The molecule has 11 heteroatoms. The standard InChI is InChI=1S/C15H10ClN3O6S/c16-9-3-4-11(13-12(9)14(20)19(22)15(21)18-13)26(23,24)8-2-1-7-6-17-25-10(7)5-8/h1-6,15,18,21-22H. The fraction of sp³-hybridized carbons (Fsp3) is 0.0667. The minimum atomic E-state index is -4.10. The van der Waals surface area contributed by atoms with Gasteiger partial charge in [-0.1, -0.05) is 16.8 Å². The summed E-state index contributed by atoms with van der Waals surface area (Å²) in [5, 5.41) is 25.8. The molecule has 1 aromatic heterocycles. The predicted octanol–water partition coefficient (Wildman–Crippen LogP) is 1.85. The Labute approximate surface area is 151 Å². The monoisotopic (exact) mass is 395 g/mol. The highest BCUT2D eigenvalue weighted by atomic mass is 35.5. The molecule has 1 unspecified atom stereocenters. The Morgan fingerprint density at radius 2 is 2.04 bits per heavy atom. The number of aliphatic hydroxyl groups excluding tert-OH is 1. The molecule has 1 aliphatic heterocycles. The molecule has 1 amide bonds. The zero-order valence-electron chi connectivity index (χ0n) is 12.7. The van der Waals surface area contributed by atoms with Crippen molar-refractivity contribution in [3.63, 3.8) is 0 Å². The van der Waals surface area contributed by atoms with E-state index in [-0.39, 0.29) is 36.7 Å². The summed E-state index contributed by atoms with van der Waals surface area (Å²) in [5.74, 6) is -1.03. The first kappa shape index (κ1) is 16.8. The molecule has 0 fully saturated rings. The Kier molecular flexibility index (Phi) is 3.66. The number of fused-ring (bicyclic) bond motifs is 2. The molecule has 0 radical (unpaired) electrons. The highest BCUT2D eigenvalue weighted by molar-refractivity contribution is 7.91. The summed E-state index contributed by atoms with van der Waals surface area (Å²) in [6, 6.07) is 6.64. The van der Waals surface area contributed by atoms with Gasteiger partial charge in [-0.05, 0) is 24.3 Å². The number of aliphatic hydroxyl groups is 1. The molecule has 134 valence electrons. The van der Waals surface area contributed by atoms with E-state index in [9.17, 15) is 23.5 Å². The van der Waals surface area contributed by atoms with Gasteiger partial charge in [-0.15, -0.1) is 0 Å². The van der Waals surface area contributed by atoms with E-state index in [1.165, 1.54) is 36.5 Å². The van der Waals surface area contributed by atoms with Gasteiger partial charge in [0.1, 0.15) is 0 Å². The highest BCUT2D eigenvalue weighted by Gasteiger charge is 2.36. The normalized spacial score (nSPS) is 17.3. The number of anilines is 1. The number of hydrogen-bond donors (Lipinski definition) is 3. The maximum Gasteiger partial charge on any atom is 0.284 e. The van der Waals surface area contributed by atoms with Crippen LogP contribution in [0.5, 0.6) is 0 Å². The molecular weight excluding hydrogens is 386 g/mol. The van der Waals surface area contributed by atoms with Gasteiger partial charge in [-0.3, -0.25) is 10.0 Å². The van der Waals surface area contributed by atoms with Crippen molar-refractivity contribution in [3.05, 3.63) is 47.1 Å². The smallest absolute Gasteiger partial charge is 0.284 e. The SMILES string of the molecule is O=C1c2c(Cl)ccc(S(=O)(=O)c3ccc4cnoc4c3)c2NC(O)N1O. The fourth-order valence-corrected chi connectivity index (χ4v) is 4.36. The van der Waals surface area contributed by atoms with Crippen LogP contribution in [0.2, 0.25) is 5.02 Å². The number of sulfone groups is 1. The van der Waals surface area contributed by atoms with Crippen molar-refractivity contribution < 1.29 is 28.0 Å². The van der Waals surface area contributed by atoms with Crippen LogP contribution in [0, 0.1) is 0 Å². The van der Waals surface area contributed by atoms with Crippen LogP contribution in [0.15, 0.2) is 50.8 Å². The van der Waals surface area contributed by atoms with Crippen LogP contribution < -0.4 is 5.32 Å². The van der Waals surface area contributed by atoms with Gasteiger partial charge < -0.3 is 14.9 Å². The van der Waals surface area contributed by atoms with Crippen molar-refractivity contribution in [2.45, 2.75) is 16.1 Å². The third kappa shape index (κ3) is 2.35. The lowest BCUT2D eigenvalue weighted by atomic mass is 10.1. The van der Waals surface area contributed by atoms with E-state index in [0.717, 1.165) is 0 Å². The molecule has 0 saturated heterocycles. The number of nitrogens with one attached hydrogen (secondary N) is 1. The molecule has 3 aromatic rings. The Bertz CT molecular complexity index is 1160. The number of hydroxylamine groups is 2. The maximum absolute atomic E-state index is 13.1. The number of hydrogen-bond acceptors (Lipinski definition) is 8. The topological polar surface area (TPSA) is 133 Å². The van der Waals surface area contributed by atoms with E-state index in [1.807, 2.05) is 0 Å². The summed E-state index contributed by atoms with van der Waals surface area (Å²) < 4.78 is 31.1. The largest absolute Gasteiger partial charge is 0.356 e. The quantitative estimate of drug-likeness (QED) is 0.560. The second kappa shape index (κ2) is 5.68. The number of halogens is 1. The summed E-state index contributed by atoms with van der Waals surface area (Å²) in [4.78, 5) is 11.8. The Morgan fingerprint density at radius 1 is 1.27 bits per heavy atom. The van der Waals surface area contributed by atoms with Crippen LogP contribution in [0.4, 0.5) is 5.69 Å². The fourth-order valence-electron chi connectivity index (χ4n) is 2.68. The average molecular weight is 396 g/mol. The predicted molar refractivity (Wildman–Crippen MR) is 88.5 cm³/mol. The number of amides is 1. The van der Waals surface area contributed by atoms with Crippen LogP contribution in [0.3, 0.4) is 0 Å². The van der Waals surface area contributed by atoms with E-state index in [1.54, 1.807) is 0 Å². The van der Waals surface area contributed by atoms with Gasteiger partial charge >= 0.3 is 0 Å². The van der Waals surface area contributed by atoms with Gasteiger partial charge in [0.25, 0.3) is 5.91 Å². The van der Waals surface area contributed by atoms with Crippen LogP contribution in [-0.4, -0.2) is 41.2 Å². The molecule has 26 heavy (non-hydrogen) atoms. The van der Waals surface area contributed by atoms with E-state index in [0.29, 0.717) is 5.39 Å². The van der Waals surface area contributed by atoms with Gasteiger partial charge in [0.2, 0.25) is 16.2 Å². The first-order chi connectivity index (χ1) is 12.3. The minimum absolute atomic E-state index is 0.0190. The molecule has 3 N–H and O–H groups in total. The average Bonchev–Trinajstić information content (AvgIpc) is 3.07. The molecular formula is C15H10ClN3O6S. The molecule has 0 saturated carbocycles. The zero-order chi connectivity index (χ0) is 18.6. The number of nitrogens with zero attached hydrogens (tertiary/aromatic N) is 2. The second-order valence-corrected chi connectivity index (χ2v) is 7.82. The number of rotatable bonds is 2. The summed E-state index contributed by atoms with van der Waals surface area (Å²) in [7, 11) is -4.10. The number of aromatic nitrogens is 1. The van der Waals surface area contributed by atoms with E-state index < -0.39 is 22.1 Å². The lowest BCUT2D eigenvalue weighted by molar-refractivity contribution is -0.148. The number of carbonyl (C=O) groups is 1. The number of benzene rings is 2. The van der Waals surface area contributed by atoms with Crippen molar-refractivity contribution in [3.8, 4) is 0 Å². The van der Waals surface area contributed by atoms with Crippen molar-refractivity contribution in [2.24, 2.45) is 0 Å². The third-order valence-electron chi connectivity index (χ3n) is 3.97. The van der Waals surface area contributed by atoms with Crippen molar-refractivity contribution in [1.29, 1.82) is 0 Å². The molecule has 0 spiro atoms. The first-order valence-electron chi connectivity index (χ1n) is 7.20. The van der Waals surface area contributed by atoms with Gasteiger partial charge in [-0.2, -0.15) is 5.06 Å². The second-order valence-electron chi connectivity index (χ2n) is 5.49. The molecule has 0 bridgehead atoms. The van der Waals surface area contributed by atoms with Gasteiger partial charge in [0.05, 0.1) is 32.3 Å². The number of carbonyl (C=O) groups excluding carboxylic acids is 1. The van der Waals surface area contributed by atoms with Crippen molar-refractivity contribution in [2.75, 3.05) is 5.32 Å². The summed E-state index contributed by atoms with van der Waals surface area (Å²) in [6.07, 6.45) is -0.373. The molecule has 0 aliphatic carbocycles. The summed E-state index contributed by atoms with van der Waals surface area (Å²) >= 11 is 5.98. The first-order valence-corrected chi connectivity index (χ1v) is 9.06. The van der Waals surface area contributed by atoms with Crippen molar-refractivity contribution in [1.82, 2.24) is 10.2 Å². The Balaban J connectivity index is 1.94. The maximum atomic E-state index is 13.1. The summed E-state index contributed by atoms with van der Waals surface area (Å²) in [5.41, 5.74) is -0.182. The van der Waals surface area contributed by atoms with E-state index in [4.69, 9.17) is 16.1 Å². The van der Waals surface area contributed by atoms with Gasteiger partial charge in [0, 0.05) is 11.5 Å². The van der Waals surface area contributed by atoms with E-state index >= 15 is 0 Å². The lowest BCUT2D eigenvalue weighted by Crippen LogP contribution is -2.47. The van der Waals surface area contributed by atoms with Crippen LogP contribution in [0.25, 0.3) is 11.0 Å². The molecule has 2 aromatic carbocycles. The van der Waals surface area contributed by atoms with E-state index in [2.05, 4.69) is 10.5 Å². The van der Waals surface area contributed by atoms with Gasteiger partial charge in [-0.25, -0.2) is 8.42 Å². The highest BCUT2D eigenvalue weighted by Crippen LogP contribution is 2.38. The third-order valence-corrected chi connectivity index (χ3v) is 6.08. The lowest BCUT2D eigenvalue weighted by Gasteiger charge is -2.31. The minimum Gasteiger partial charge on any atom is -0.356 e. The molecule has 4 rings (SSSR count). The molecule has 9 nitrogen and oxygen atoms in total. The molecule has 2 heterocycles. The van der Waals surface area contributed by atoms with Crippen LogP contribution in [-0.2, 0) is 9.84 Å². The molecule has 1 atom stereocenters. The van der Waals surface area contributed by atoms with Crippen molar-refractivity contribution >= 4 is 44.0 Å². The Morgan fingerprint density at radius 3 is 2.81 bits per heavy atom. The molecule has 1 aliphatic rings. The Hall–Kier alpha value is -2.66. The zero-order valence-corrected chi connectivity index (χ0v) is 14.3.